The summed E-state index contributed by atoms with van der Waals surface area (Å²) in [6, 6.07) is 0. The first-order valence-electron chi connectivity index (χ1n) is 7.97. The zero-order valence-corrected chi connectivity index (χ0v) is 14.4. The van der Waals surface area contributed by atoms with Crippen LogP contribution in [0.1, 0.15) is 27.7 Å². The fourth-order valence-corrected chi connectivity index (χ4v) is 2.03. The number of piperazine rings is 1. The molecule has 1 heterocycles. The normalized spacial score (nSPS) is 15.4. The van der Waals surface area contributed by atoms with Gasteiger partial charge >= 0.3 is 6.09 Å². The van der Waals surface area contributed by atoms with Crippen LogP contribution in [0, 0.1) is 0 Å². The molecule has 0 spiro atoms. The molecule has 1 fully saturated rings. The van der Waals surface area contributed by atoms with E-state index in [4.69, 9.17) is 9.47 Å². The summed E-state index contributed by atoms with van der Waals surface area (Å²) < 4.78 is 10.8. The molecular formula is C17H30N2O3. The third-order valence-corrected chi connectivity index (χ3v) is 3.49. The molecule has 0 unspecified atom stereocenters. The predicted molar refractivity (Wildman–Crippen MR) is 89.0 cm³/mol. The molecule has 126 valence electrons. The Morgan fingerprint density at radius 1 is 0.955 bits per heavy atom. The topological polar surface area (TPSA) is 42.0 Å². The van der Waals surface area contributed by atoms with Crippen molar-refractivity contribution in [2.45, 2.75) is 27.7 Å². The maximum Gasteiger partial charge on any atom is 0.410 e. The second kappa shape index (κ2) is 10.4. The van der Waals surface area contributed by atoms with Crippen LogP contribution in [0.5, 0.6) is 0 Å². The smallest absolute Gasteiger partial charge is 0.410 e. The van der Waals surface area contributed by atoms with Gasteiger partial charge in [0.05, 0.1) is 13.2 Å². The SMILES string of the molecule is CC(C)=CCOCCN1CCN(C(=O)OCC=C(C)C)CC1. The van der Waals surface area contributed by atoms with Gasteiger partial charge in [0.1, 0.15) is 6.61 Å². The van der Waals surface area contributed by atoms with Crippen LogP contribution in [0.25, 0.3) is 0 Å². The zero-order valence-electron chi connectivity index (χ0n) is 14.4. The lowest BCUT2D eigenvalue weighted by Gasteiger charge is -2.33. The molecule has 0 aliphatic carbocycles. The predicted octanol–water partition coefficient (Wildman–Crippen LogP) is 2.69. The average Bonchev–Trinajstić information content (AvgIpc) is 2.46. The molecular weight excluding hydrogens is 280 g/mol. The Morgan fingerprint density at radius 2 is 1.55 bits per heavy atom. The number of amides is 1. The van der Waals surface area contributed by atoms with Crippen LogP contribution in [0.15, 0.2) is 23.3 Å². The van der Waals surface area contributed by atoms with Crippen LogP contribution in [0.4, 0.5) is 4.79 Å². The minimum Gasteiger partial charge on any atom is -0.445 e. The number of carbonyl (C=O) groups excluding carboxylic acids is 1. The van der Waals surface area contributed by atoms with E-state index >= 15 is 0 Å². The van der Waals surface area contributed by atoms with Crippen molar-refractivity contribution >= 4 is 6.09 Å². The van der Waals surface area contributed by atoms with E-state index in [1.165, 1.54) is 5.57 Å². The highest BCUT2D eigenvalue weighted by Crippen LogP contribution is 2.04. The summed E-state index contributed by atoms with van der Waals surface area (Å²) in [6.45, 7) is 14.0. The highest BCUT2D eigenvalue weighted by atomic mass is 16.6. The van der Waals surface area contributed by atoms with E-state index in [-0.39, 0.29) is 6.09 Å². The molecule has 5 heteroatoms. The minimum absolute atomic E-state index is 0.211. The van der Waals surface area contributed by atoms with Gasteiger partial charge in [-0.05, 0) is 33.8 Å². The Hall–Kier alpha value is -1.33. The summed E-state index contributed by atoms with van der Waals surface area (Å²) in [4.78, 5) is 16.0. The molecule has 1 amide bonds. The Morgan fingerprint density at radius 3 is 2.14 bits per heavy atom. The number of allylic oxidation sites excluding steroid dienone is 2. The summed E-state index contributed by atoms with van der Waals surface area (Å²) >= 11 is 0. The van der Waals surface area contributed by atoms with Crippen LogP contribution in [0.3, 0.4) is 0 Å². The van der Waals surface area contributed by atoms with Gasteiger partial charge in [0, 0.05) is 32.7 Å². The minimum atomic E-state index is -0.211. The van der Waals surface area contributed by atoms with E-state index in [2.05, 4.69) is 24.8 Å². The third-order valence-electron chi connectivity index (χ3n) is 3.49. The Bertz CT molecular complexity index is 389. The Kier molecular flexibility index (Phi) is 8.85. The quantitative estimate of drug-likeness (QED) is 0.535. The lowest BCUT2D eigenvalue weighted by atomic mass is 10.3. The molecule has 0 N–H and O–H groups in total. The lowest BCUT2D eigenvalue weighted by Crippen LogP contribution is -2.49. The molecule has 0 saturated carbocycles. The van der Waals surface area contributed by atoms with E-state index in [0.29, 0.717) is 13.2 Å². The van der Waals surface area contributed by atoms with Crippen molar-refractivity contribution in [3.63, 3.8) is 0 Å². The maximum absolute atomic E-state index is 11.9. The maximum atomic E-state index is 11.9. The second-order valence-corrected chi connectivity index (χ2v) is 6.04. The van der Waals surface area contributed by atoms with Crippen LogP contribution in [-0.2, 0) is 9.47 Å². The van der Waals surface area contributed by atoms with Gasteiger partial charge in [0.25, 0.3) is 0 Å². The van der Waals surface area contributed by atoms with Crippen LogP contribution in [-0.4, -0.2) is 68.4 Å². The van der Waals surface area contributed by atoms with Gasteiger partial charge in [-0.15, -0.1) is 0 Å². The monoisotopic (exact) mass is 310 g/mol. The molecule has 5 nitrogen and oxygen atoms in total. The first kappa shape index (κ1) is 18.7. The average molecular weight is 310 g/mol. The molecule has 22 heavy (non-hydrogen) atoms. The summed E-state index contributed by atoms with van der Waals surface area (Å²) in [5.74, 6) is 0. The number of rotatable bonds is 7. The molecule has 0 aromatic carbocycles. The van der Waals surface area contributed by atoms with Crippen LogP contribution < -0.4 is 0 Å². The van der Waals surface area contributed by atoms with Gasteiger partial charge in [-0.25, -0.2) is 4.79 Å². The molecule has 0 aromatic rings. The first-order chi connectivity index (χ1) is 10.5. The van der Waals surface area contributed by atoms with Crippen molar-refractivity contribution in [3.05, 3.63) is 23.3 Å². The number of hydrogen-bond acceptors (Lipinski definition) is 4. The summed E-state index contributed by atoms with van der Waals surface area (Å²) in [5, 5.41) is 0. The van der Waals surface area contributed by atoms with E-state index in [0.717, 1.165) is 44.9 Å². The standard InChI is InChI=1S/C17H30N2O3/c1-15(2)5-12-21-14-11-18-7-9-19(10-8-18)17(20)22-13-6-16(3)4/h5-6H,7-14H2,1-4H3. The number of nitrogens with zero attached hydrogens (tertiary/aromatic N) is 2. The Balaban J connectivity index is 2.13. The van der Waals surface area contributed by atoms with Crippen LogP contribution in [0.2, 0.25) is 0 Å². The van der Waals surface area contributed by atoms with E-state index in [1.807, 2.05) is 19.9 Å². The summed E-state index contributed by atoms with van der Waals surface area (Å²) in [6.07, 6.45) is 3.79. The van der Waals surface area contributed by atoms with E-state index in [9.17, 15) is 4.79 Å². The molecule has 1 aliphatic rings. The molecule has 1 rings (SSSR count). The van der Waals surface area contributed by atoms with Gasteiger partial charge in [0.15, 0.2) is 0 Å². The fraction of sp³-hybridized carbons (Fsp3) is 0.706. The number of hydrogen-bond donors (Lipinski definition) is 0. The van der Waals surface area contributed by atoms with Gasteiger partial charge in [-0.1, -0.05) is 17.2 Å². The van der Waals surface area contributed by atoms with Crippen LogP contribution >= 0.6 is 0 Å². The van der Waals surface area contributed by atoms with Crippen molar-refractivity contribution in [1.82, 2.24) is 9.80 Å². The van der Waals surface area contributed by atoms with Crippen molar-refractivity contribution in [2.75, 3.05) is 52.5 Å². The number of ether oxygens (including phenoxy) is 2. The van der Waals surface area contributed by atoms with E-state index < -0.39 is 0 Å². The third kappa shape index (κ3) is 8.20. The molecule has 0 atom stereocenters. The second-order valence-electron chi connectivity index (χ2n) is 6.04. The van der Waals surface area contributed by atoms with Crippen molar-refractivity contribution in [3.8, 4) is 0 Å². The molecule has 0 aromatic heterocycles. The van der Waals surface area contributed by atoms with Crippen molar-refractivity contribution < 1.29 is 14.3 Å². The lowest BCUT2D eigenvalue weighted by molar-refractivity contribution is 0.0682. The molecule has 0 bridgehead atoms. The molecule has 0 radical (unpaired) electrons. The zero-order chi connectivity index (χ0) is 16.4. The molecule has 1 aliphatic heterocycles. The van der Waals surface area contributed by atoms with Gasteiger partial charge < -0.3 is 14.4 Å². The summed E-state index contributed by atoms with van der Waals surface area (Å²) in [5.41, 5.74) is 2.44. The highest BCUT2D eigenvalue weighted by Gasteiger charge is 2.21. The van der Waals surface area contributed by atoms with E-state index in [1.54, 1.807) is 4.90 Å². The van der Waals surface area contributed by atoms with Crippen molar-refractivity contribution in [2.24, 2.45) is 0 Å². The Labute approximate surface area is 134 Å². The largest absolute Gasteiger partial charge is 0.445 e. The van der Waals surface area contributed by atoms with Gasteiger partial charge in [-0.3, -0.25) is 4.90 Å². The first-order valence-corrected chi connectivity index (χ1v) is 7.97. The highest BCUT2D eigenvalue weighted by molar-refractivity contribution is 5.67. The van der Waals surface area contributed by atoms with Crippen molar-refractivity contribution in [1.29, 1.82) is 0 Å². The molecule has 1 saturated heterocycles. The number of carbonyl (C=O) groups is 1. The summed E-state index contributed by atoms with van der Waals surface area (Å²) in [7, 11) is 0. The van der Waals surface area contributed by atoms with Gasteiger partial charge in [-0.2, -0.15) is 0 Å². The fourth-order valence-electron chi connectivity index (χ4n) is 2.03. The van der Waals surface area contributed by atoms with Gasteiger partial charge in [0.2, 0.25) is 0 Å².